The third-order valence-electron chi connectivity index (χ3n) is 4.30. The minimum Gasteiger partial charge on any atom is -0.496 e. The molecule has 1 atom stereocenters. The highest BCUT2D eigenvalue weighted by Crippen LogP contribution is 2.20. The number of hydrogen-bond acceptors (Lipinski definition) is 3. The number of methoxy groups -OCH3 is 1. The molecule has 0 heterocycles. The van der Waals surface area contributed by atoms with E-state index in [4.69, 9.17) is 10.5 Å². The number of nitrogens with one attached hydrogen (secondary N) is 1. The van der Waals surface area contributed by atoms with Gasteiger partial charge in [0.15, 0.2) is 0 Å². The van der Waals surface area contributed by atoms with Crippen molar-refractivity contribution in [1.82, 2.24) is 5.32 Å². The third kappa shape index (κ3) is 3.98. The van der Waals surface area contributed by atoms with Crippen LogP contribution in [0, 0.1) is 0 Å². The van der Waals surface area contributed by atoms with Gasteiger partial charge >= 0.3 is 0 Å². The van der Waals surface area contributed by atoms with Crippen molar-refractivity contribution >= 4 is 16.7 Å². The van der Waals surface area contributed by atoms with Gasteiger partial charge in [-0.25, -0.2) is 0 Å². The summed E-state index contributed by atoms with van der Waals surface area (Å²) in [5.41, 5.74) is 8.14. The highest BCUT2D eigenvalue weighted by Gasteiger charge is 2.15. The van der Waals surface area contributed by atoms with E-state index in [-0.39, 0.29) is 5.91 Å². The second-order valence-corrected chi connectivity index (χ2v) is 5.98. The van der Waals surface area contributed by atoms with Crippen LogP contribution in [0.25, 0.3) is 10.8 Å². The van der Waals surface area contributed by atoms with E-state index in [2.05, 4.69) is 23.5 Å². The number of benzene rings is 3. The van der Waals surface area contributed by atoms with Crippen LogP contribution in [0.5, 0.6) is 5.75 Å². The molecular formula is C21H22N2O2. The van der Waals surface area contributed by atoms with Gasteiger partial charge < -0.3 is 15.8 Å². The number of fused-ring (bicyclic) bond motifs is 1. The summed E-state index contributed by atoms with van der Waals surface area (Å²) in [5.74, 6) is 0.587. The van der Waals surface area contributed by atoms with Crippen LogP contribution in [0.15, 0.2) is 66.7 Å². The summed E-state index contributed by atoms with van der Waals surface area (Å²) in [6, 6.07) is 21.2. The van der Waals surface area contributed by atoms with Crippen LogP contribution >= 0.6 is 0 Å². The van der Waals surface area contributed by atoms with E-state index in [1.807, 2.05) is 48.5 Å². The minimum atomic E-state index is -0.597. The third-order valence-corrected chi connectivity index (χ3v) is 4.30. The van der Waals surface area contributed by atoms with Gasteiger partial charge in [0.2, 0.25) is 5.91 Å². The molecule has 0 fully saturated rings. The van der Waals surface area contributed by atoms with Crippen molar-refractivity contribution in [3.63, 3.8) is 0 Å². The first-order chi connectivity index (χ1) is 12.2. The summed E-state index contributed by atoms with van der Waals surface area (Å²) in [7, 11) is 1.62. The molecule has 0 aliphatic heterocycles. The first kappa shape index (κ1) is 17.0. The van der Waals surface area contributed by atoms with Crippen molar-refractivity contribution in [2.24, 2.45) is 5.73 Å². The Morgan fingerprint density at radius 3 is 2.52 bits per heavy atom. The fraction of sp³-hybridized carbons (Fsp3) is 0.190. The molecular weight excluding hydrogens is 312 g/mol. The van der Waals surface area contributed by atoms with E-state index in [0.717, 1.165) is 27.6 Å². The fourth-order valence-corrected chi connectivity index (χ4v) is 2.96. The molecule has 0 aliphatic rings. The molecule has 128 valence electrons. The van der Waals surface area contributed by atoms with E-state index in [1.165, 1.54) is 0 Å². The summed E-state index contributed by atoms with van der Waals surface area (Å²) in [5, 5.41) is 5.19. The Morgan fingerprint density at radius 1 is 1.00 bits per heavy atom. The van der Waals surface area contributed by atoms with Crippen molar-refractivity contribution < 1.29 is 9.53 Å². The number of nitrogens with two attached hydrogens (primary N) is 1. The van der Waals surface area contributed by atoms with Gasteiger partial charge in [-0.3, -0.25) is 4.79 Å². The van der Waals surface area contributed by atoms with Crippen LogP contribution in [-0.2, 0) is 17.8 Å². The van der Waals surface area contributed by atoms with E-state index in [9.17, 15) is 4.79 Å². The monoisotopic (exact) mass is 334 g/mol. The second kappa shape index (κ2) is 7.81. The molecule has 0 aliphatic carbocycles. The molecule has 0 saturated heterocycles. The molecule has 4 heteroatoms. The van der Waals surface area contributed by atoms with Gasteiger partial charge in [0.1, 0.15) is 5.75 Å². The van der Waals surface area contributed by atoms with Crippen LogP contribution in [0.2, 0.25) is 0 Å². The molecule has 3 N–H and O–H groups in total. The van der Waals surface area contributed by atoms with E-state index in [0.29, 0.717) is 13.0 Å². The first-order valence-corrected chi connectivity index (χ1v) is 8.31. The predicted molar refractivity (Wildman–Crippen MR) is 100 cm³/mol. The summed E-state index contributed by atoms with van der Waals surface area (Å²) >= 11 is 0. The average molecular weight is 334 g/mol. The van der Waals surface area contributed by atoms with Crippen LogP contribution in [0.4, 0.5) is 0 Å². The first-order valence-electron chi connectivity index (χ1n) is 8.31. The Kier molecular flexibility index (Phi) is 5.31. The topological polar surface area (TPSA) is 64.3 Å². The summed E-state index contributed by atoms with van der Waals surface area (Å²) < 4.78 is 5.30. The zero-order valence-corrected chi connectivity index (χ0v) is 14.2. The number of amides is 1. The zero-order chi connectivity index (χ0) is 17.6. The number of carbonyl (C=O) groups is 1. The zero-order valence-electron chi connectivity index (χ0n) is 14.2. The number of carbonyl (C=O) groups excluding carboxylic acids is 1. The largest absolute Gasteiger partial charge is 0.496 e. The van der Waals surface area contributed by atoms with Crippen molar-refractivity contribution in [2.75, 3.05) is 7.11 Å². The van der Waals surface area contributed by atoms with Gasteiger partial charge in [0, 0.05) is 12.1 Å². The van der Waals surface area contributed by atoms with Crippen LogP contribution in [0.1, 0.15) is 11.1 Å². The molecule has 4 nitrogen and oxygen atoms in total. The van der Waals surface area contributed by atoms with Crippen LogP contribution in [0.3, 0.4) is 0 Å². The summed E-state index contributed by atoms with van der Waals surface area (Å²) in [6.45, 7) is 0.395. The molecule has 0 spiro atoms. The highest BCUT2D eigenvalue weighted by atomic mass is 16.5. The number of para-hydroxylation sites is 1. The smallest absolute Gasteiger partial charge is 0.237 e. The fourth-order valence-electron chi connectivity index (χ4n) is 2.96. The maximum atomic E-state index is 12.4. The molecule has 1 amide bonds. The number of rotatable bonds is 6. The Labute approximate surface area is 147 Å². The summed E-state index contributed by atoms with van der Waals surface area (Å²) in [4.78, 5) is 12.4. The number of hydrogen-bond donors (Lipinski definition) is 2. The van der Waals surface area contributed by atoms with Gasteiger partial charge in [-0.1, -0.05) is 60.7 Å². The quantitative estimate of drug-likeness (QED) is 0.728. The Hall–Kier alpha value is -2.85. The maximum Gasteiger partial charge on any atom is 0.237 e. The molecule has 3 rings (SSSR count). The Morgan fingerprint density at radius 2 is 1.68 bits per heavy atom. The van der Waals surface area contributed by atoms with E-state index >= 15 is 0 Å². The second-order valence-electron chi connectivity index (χ2n) is 5.98. The molecule has 25 heavy (non-hydrogen) atoms. The standard InChI is InChI=1S/C21H22N2O2/c1-25-20-12-5-3-8-17(20)14-23-21(24)19(22)13-16-10-6-9-15-7-2-4-11-18(15)16/h2-12,19H,13-14,22H2,1H3,(H,23,24). The maximum absolute atomic E-state index is 12.4. The SMILES string of the molecule is COc1ccccc1CNC(=O)C(N)Cc1cccc2ccccc12. The molecule has 3 aromatic carbocycles. The summed E-state index contributed by atoms with van der Waals surface area (Å²) in [6.07, 6.45) is 0.499. The lowest BCUT2D eigenvalue weighted by Gasteiger charge is -2.15. The lowest BCUT2D eigenvalue weighted by atomic mass is 9.99. The van der Waals surface area contributed by atoms with Gasteiger partial charge in [0.25, 0.3) is 0 Å². The lowest BCUT2D eigenvalue weighted by Crippen LogP contribution is -2.41. The predicted octanol–water partition coefficient (Wildman–Crippen LogP) is 3.03. The minimum absolute atomic E-state index is 0.168. The van der Waals surface area contributed by atoms with Crippen molar-refractivity contribution in [3.05, 3.63) is 77.9 Å². The van der Waals surface area contributed by atoms with Crippen molar-refractivity contribution in [3.8, 4) is 5.75 Å². The van der Waals surface area contributed by atoms with Crippen molar-refractivity contribution in [2.45, 2.75) is 19.0 Å². The van der Waals surface area contributed by atoms with E-state index in [1.54, 1.807) is 7.11 Å². The van der Waals surface area contributed by atoms with Crippen LogP contribution < -0.4 is 15.8 Å². The van der Waals surface area contributed by atoms with Gasteiger partial charge in [-0.05, 0) is 28.8 Å². The molecule has 0 radical (unpaired) electrons. The normalized spacial score (nSPS) is 11.9. The Balaban J connectivity index is 1.66. The molecule has 3 aromatic rings. The molecule has 0 bridgehead atoms. The molecule has 0 saturated carbocycles. The lowest BCUT2D eigenvalue weighted by molar-refractivity contribution is -0.122. The molecule has 1 unspecified atom stereocenters. The van der Waals surface area contributed by atoms with Gasteiger partial charge in [-0.2, -0.15) is 0 Å². The van der Waals surface area contributed by atoms with E-state index < -0.39 is 6.04 Å². The molecule has 0 aromatic heterocycles. The van der Waals surface area contributed by atoms with Gasteiger partial charge in [0.05, 0.1) is 13.2 Å². The Bertz CT molecular complexity index is 871. The number of ether oxygens (including phenoxy) is 1. The van der Waals surface area contributed by atoms with Crippen molar-refractivity contribution in [1.29, 1.82) is 0 Å². The average Bonchev–Trinajstić information content (AvgIpc) is 2.66. The van der Waals surface area contributed by atoms with Gasteiger partial charge in [-0.15, -0.1) is 0 Å². The van der Waals surface area contributed by atoms with Crippen LogP contribution in [-0.4, -0.2) is 19.1 Å². The highest BCUT2D eigenvalue weighted by molar-refractivity contribution is 5.87.